The van der Waals surface area contributed by atoms with Gasteiger partial charge in [0.2, 0.25) is 11.8 Å². The van der Waals surface area contributed by atoms with Gasteiger partial charge in [-0.25, -0.2) is 4.39 Å². The summed E-state index contributed by atoms with van der Waals surface area (Å²) in [6.07, 6.45) is 0.109. The van der Waals surface area contributed by atoms with Crippen molar-refractivity contribution in [3.63, 3.8) is 0 Å². The van der Waals surface area contributed by atoms with E-state index >= 15 is 0 Å². The molecule has 1 heterocycles. The van der Waals surface area contributed by atoms with E-state index in [4.69, 9.17) is 16.3 Å². The van der Waals surface area contributed by atoms with Crippen molar-refractivity contribution in [1.29, 1.82) is 0 Å². The van der Waals surface area contributed by atoms with E-state index in [9.17, 15) is 14.0 Å². The van der Waals surface area contributed by atoms with Crippen molar-refractivity contribution in [2.24, 2.45) is 5.92 Å². The van der Waals surface area contributed by atoms with Gasteiger partial charge in [0.05, 0.1) is 18.7 Å². The topological polar surface area (TPSA) is 58.6 Å². The first kappa shape index (κ1) is 17.2. The van der Waals surface area contributed by atoms with E-state index < -0.39 is 11.7 Å². The summed E-state index contributed by atoms with van der Waals surface area (Å²) in [6.45, 7) is 0.274. The Balaban J connectivity index is 1.72. The van der Waals surface area contributed by atoms with E-state index in [1.165, 1.54) is 25.3 Å². The predicted molar refractivity (Wildman–Crippen MR) is 93.5 cm³/mol. The molecule has 2 aromatic rings. The molecule has 7 heteroatoms. The Morgan fingerprint density at radius 2 is 2.00 bits per heavy atom. The van der Waals surface area contributed by atoms with Crippen LogP contribution in [0.15, 0.2) is 42.5 Å². The van der Waals surface area contributed by atoms with E-state index in [-0.39, 0.29) is 30.5 Å². The lowest BCUT2D eigenvalue weighted by Gasteiger charge is -2.17. The first-order valence-electron chi connectivity index (χ1n) is 7.68. The lowest BCUT2D eigenvalue weighted by Crippen LogP contribution is -2.28. The number of rotatable bonds is 4. The SMILES string of the molecule is COc1cc(F)ccc1NC(=O)C1CC(=O)N(c2ccc(Cl)cc2)C1. The van der Waals surface area contributed by atoms with Gasteiger partial charge < -0.3 is 15.0 Å². The van der Waals surface area contributed by atoms with Crippen molar-refractivity contribution < 1.29 is 18.7 Å². The van der Waals surface area contributed by atoms with Crippen LogP contribution in [0, 0.1) is 11.7 Å². The summed E-state index contributed by atoms with van der Waals surface area (Å²) in [4.78, 5) is 26.3. The van der Waals surface area contributed by atoms with Crippen molar-refractivity contribution in [1.82, 2.24) is 0 Å². The largest absolute Gasteiger partial charge is 0.494 e. The van der Waals surface area contributed by atoms with Gasteiger partial charge in [0.25, 0.3) is 0 Å². The van der Waals surface area contributed by atoms with Crippen LogP contribution in [0.1, 0.15) is 6.42 Å². The molecule has 1 unspecified atom stereocenters. The fraction of sp³-hybridized carbons (Fsp3) is 0.222. The van der Waals surface area contributed by atoms with Crippen LogP contribution in [0.3, 0.4) is 0 Å². The number of anilines is 2. The number of carbonyl (C=O) groups excluding carboxylic acids is 2. The maximum Gasteiger partial charge on any atom is 0.229 e. The van der Waals surface area contributed by atoms with Gasteiger partial charge in [-0.1, -0.05) is 11.6 Å². The molecule has 2 aromatic carbocycles. The van der Waals surface area contributed by atoms with Gasteiger partial charge in [-0.15, -0.1) is 0 Å². The van der Waals surface area contributed by atoms with Crippen LogP contribution in [-0.4, -0.2) is 25.5 Å². The second-order valence-corrected chi connectivity index (χ2v) is 6.15. The predicted octanol–water partition coefficient (Wildman–Crippen LogP) is 3.48. The maximum atomic E-state index is 13.2. The summed E-state index contributed by atoms with van der Waals surface area (Å²) < 4.78 is 18.3. The van der Waals surface area contributed by atoms with E-state index in [1.807, 2.05) is 0 Å². The zero-order valence-corrected chi connectivity index (χ0v) is 14.2. The molecule has 1 fully saturated rings. The molecule has 3 rings (SSSR count). The normalized spacial score (nSPS) is 16.8. The van der Waals surface area contributed by atoms with Gasteiger partial charge >= 0.3 is 0 Å². The zero-order chi connectivity index (χ0) is 18.0. The Labute approximate surface area is 149 Å². The molecule has 130 valence electrons. The van der Waals surface area contributed by atoms with Gasteiger partial charge in [-0.3, -0.25) is 9.59 Å². The van der Waals surface area contributed by atoms with Crippen molar-refractivity contribution in [3.05, 3.63) is 53.3 Å². The standard InChI is InChI=1S/C18H16ClFN2O3/c1-25-16-9-13(20)4-7-15(16)21-18(24)11-8-17(23)22(10-11)14-5-2-12(19)3-6-14/h2-7,9,11H,8,10H2,1H3,(H,21,24). The van der Waals surface area contributed by atoms with E-state index in [0.717, 1.165) is 0 Å². The lowest BCUT2D eigenvalue weighted by molar-refractivity contribution is -0.122. The second kappa shape index (κ2) is 7.11. The molecule has 0 radical (unpaired) electrons. The van der Waals surface area contributed by atoms with Crippen LogP contribution in [0.5, 0.6) is 5.75 Å². The molecule has 25 heavy (non-hydrogen) atoms. The molecule has 0 saturated carbocycles. The quantitative estimate of drug-likeness (QED) is 0.905. The average molecular weight is 363 g/mol. The molecule has 1 aliphatic heterocycles. The van der Waals surface area contributed by atoms with Crippen molar-refractivity contribution in [2.75, 3.05) is 23.9 Å². The minimum Gasteiger partial charge on any atom is -0.494 e. The first-order valence-corrected chi connectivity index (χ1v) is 8.06. The third kappa shape index (κ3) is 3.74. The number of halogens is 2. The Morgan fingerprint density at radius 1 is 1.28 bits per heavy atom. The van der Waals surface area contributed by atoms with Crippen LogP contribution in [-0.2, 0) is 9.59 Å². The monoisotopic (exact) mass is 362 g/mol. The number of nitrogens with zero attached hydrogens (tertiary/aromatic N) is 1. The number of hydrogen-bond acceptors (Lipinski definition) is 3. The fourth-order valence-corrected chi connectivity index (χ4v) is 2.88. The van der Waals surface area contributed by atoms with Gasteiger partial charge in [0.1, 0.15) is 11.6 Å². The molecular weight excluding hydrogens is 347 g/mol. The molecule has 5 nitrogen and oxygen atoms in total. The highest BCUT2D eigenvalue weighted by atomic mass is 35.5. The number of benzene rings is 2. The molecule has 0 spiro atoms. The maximum absolute atomic E-state index is 13.2. The van der Waals surface area contributed by atoms with E-state index in [1.54, 1.807) is 29.2 Å². The number of methoxy groups -OCH3 is 1. The molecular formula is C18H16ClFN2O3. The van der Waals surface area contributed by atoms with Crippen LogP contribution in [0.4, 0.5) is 15.8 Å². The van der Waals surface area contributed by atoms with E-state index in [0.29, 0.717) is 16.4 Å². The number of nitrogens with one attached hydrogen (secondary N) is 1. The van der Waals surface area contributed by atoms with Gasteiger partial charge in [0, 0.05) is 29.7 Å². The third-order valence-corrected chi connectivity index (χ3v) is 4.31. The number of hydrogen-bond donors (Lipinski definition) is 1. The molecule has 0 aromatic heterocycles. The Bertz CT molecular complexity index is 810. The molecule has 1 N–H and O–H groups in total. The van der Waals surface area contributed by atoms with Gasteiger partial charge in [-0.05, 0) is 36.4 Å². The number of ether oxygens (including phenoxy) is 1. The number of carbonyl (C=O) groups is 2. The van der Waals surface area contributed by atoms with Crippen LogP contribution < -0.4 is 15.0 Å². The first-order chi connectivity index (χ1) is 12.0. The van der Waals surface area contributed by atoms with Gasteiger partial charge in [0.15, 0.2) is 0 Å². The van der Waals surface area contributed by atoms with Gasteiger partial charge in [-0.2, -0.15) is 0 Å². The Kier molecular flexibility index (Phi) is 4.90. The Morgan fingerprint density at radius 3 is 2.68 bits per heavy atom. The minimum atomic E-state index is -0.502. The van der Waals surface area contributed by atoms with Crippen molar-refractivity contribution in [2.45, 2.75) is 6.42 Å². The highest BCUT2D eigenvalue weighted by molar-refractivity contribution is 6.30. The second-order valence-electron chi connectivity index (χ2n) is 5.72. The molecule has 0 bridgehead atoms. The summed E-state index contributed by atoms with van der Waals surface area (Å²) in [5.74, 6) is -1.17. The lowest BCUT2D eigenvalue weighted by atomic mass is 10.1. The number of amides is 2. The summed E-state index contributed by atoms with van der Waals surface area (Å²) in [7, 11) is 1.39. The summed E-state index contributed by atoms with van der Waals surface area (Å²) >= 11 is 5.86. The van der Waals surface area contributed by atoms with Crippen LogP contribution in [0.2, 0.25) is 5.02 Å². The highest BCUT2D eigenvalue weighted by Crippen LogP contribution is 2.29. The molecule has 2 amide bonds. The molecule has 1 saturated heterocycles. The van der Waals surface area contributed by atoms with E-state index in [2.05, 4.69) is 5.32 Å². The summed E-state index contributed by atoms with van der Waals surface area (Å²) in [6, 6.07) is 10.7. The third-order valence-electron chi connectivity index (χ3n) is 4.06. The minimum absolute atomic E-state index is 0.109. The highest BCUT2D eigenvalue weighted by Gasteiger charge is 2.35. The smallest absolute Gasteiger partial charge is 0.229 e. The average Bonchev–Trinajstić information content (AvgIpc) is 2.99. The van der Waals surface area contributed by atoms with Crippen molar-refractivity contribution in [3.8, 4) is 5.75 Å². The van der Waals surface area contributed by atoms with Crippen LogP contribution >= 0.6 is 11.6 Å². The van der Waals surface area contributed by atoms with Crippen molar-refractivity contribution >= 4 is 34.8 Å². The summed E-state index contributed by atoms with van der Waals surface area (Å²) in [5.41, 5.74) is 1.07. The summed E-state index contributed by atoms with van der Waals surface area (Å²) in [5, 5.41) is 3.28. The zero-order valence-electron chi connectivity index (χ0n) is 13.5. The van der Waals surface area contributed by atoms with Crippen LogP contribution in [0.25, 0.3) is 0 Å². The fourth-order valence-electron chi connectivity index (χ4n) is 2.76. The molecule has 1 atom stereocenters. The Hall–Kier alpha value is -2.60. The molecule has 0 aliphatic carbocycles. The molecule has 1 aliphatic rings.